The number of hydrogen-bond acceptors (Lipinski definition) is 2. The van der Waals surface area contributed by atoms with Gasteiger partial charge in [0.1, 0.15) is 0 Å². The summed E-state index contributed by atoms with van der Waals surface area (Å²) in [5.74, 6) is -0.0440. The molecule has 0 bridgehead atoms. The van der Waals surface area contributed by atoms with Gasteiger partial charge >= 0.3 is 0 Å². The number of hydrogen-bond donors (Lipinski definition) is 1. The summed E-state index contributed by atoms with van der Waals surface area (Å²) < 4.78 is 0. The van der Waals surface area contributed by atoms with Gasteiger partial charge < -0.3 is 10.0 Å². The molecular formula is C12H17NO2. The fraction of sp³-hybridized carbons (Fsp3) is 0.417. The third-order valence-corrected chi connectivity index (χ3v) is 2.71. The van der Waals surface area contributed by atoms with Crippen LogP contribution in [0, 0.1) is 0 Å². The second-order valence-electron chi connectivity index (χ2n) is 3.73. The minimum absolute atomic E-state index is 0.0440. The van der Waals surface area contributed by atoms with E-state index in [9.17, 15) is 9.90 Å². The Bertz CT molecular complexity index is 324. The van der Waals surface area contributed by atoms with Crippen LogP contribution in [-0.2, 0) is 4.79 Å². The van der Waals surface area contributed by atoms with Crippen LogP contribution in [0.3, 0.4) is 0 Å². The monoisotopic (exact) mass is 207 g/mol. The first-order chi connectivity index (χ1) is 7.04. The van der Waals surface area contributed by atoms with Gasteiger partial charge in [-0.1, -0.05) is 30.3 Å². The molecule has 3 heteroatoms. The molecule has 0 saturated heterocycles. The lowest BCUT2D eigenvalue weighted by Gasteiger charge is -2.28. The molecule has 0 spiro atoms. The topological polar surface area (TPSA) is 40.5 Å². The molecule has 15 heavy (non-hydrogen) atoms. The van der Waals surface area contributed by atoms with E-state index in [0.29, 0.717) is 0 Å². The van der Waals surface area contributed by atoms with Gasteiger partial charge in [0.15, 0.2) is 0 Å². The molecule has 0 aliphatic rings. The lowest BCUT2D eigenvalue weighted by atomic mass is 10.0. The van der Waals surface area contributed by atoms with Crippen LogP contribution in [0.1, 0.15) is 25.5 Å². The fourth-order valence-corrected chi connectivity index (χ4v) is 1.43. The summed E-state index contributed by atoms with van der Waals surface area (Å²) in [4.78, 5) is 12.7. The normalized spacial score (nSPS) is 14.4. The van der Waals surface area contributed by atoms with Gasteiger partial charge in [0, 0.05) is 14.0 Å². The van der Waals surface area contributed by atoms with Gasteiger partial charge in [-0.15, -0.1) is 0 Å². The Morgan fingerprint density at radius 1 is 1.33 bits per heavy atom. The zero-order valence-corrected chi connectivity index (χ0v) is 9.34. The number of nitrogens with zero attached hydrogens (tertiary/aromatic N) is 1. The standard InChI is InChI=1S/C12H17NO2/c1-9(13(3)10(2)14)12(15)11-7-5-4-6-8-11/h4-9,12,15H,1-3H3/t9-,12-/m0/s1. The molecule has 0 fully saturated rings. The largest absolute Gasteiger partial charge is 0.386 e. The van der Waals surface area contributed by atoms with Crippen molar-refractivity contribution in [3.05, 3.63) is 35.9 Å². The highest BCUT2D eigenvalue weighted by Crippen LogP contribution is 2.19. The number of carbonyl (C=O) groups excluding carboxylic acids is 1. The van der Waals surface area contributed by atoms with Gasteiger partial charge in [0.2, 0.25) is 5.91 Å². The van der Waals surface area contributed by atoms with E-state index in [1.54, 1.807) is 7.05 Å². The molecule has 0 aromatic heterocycles. The Morgan fingerprint density at radius 2 is 1.87 bits per heavy atom. The molecule has 0 heterocycles. The highest BCUT2D eigenvalue weighted by Gasteiger charge is 2.21. The van der Waals surface area contributed by atoms with Gasteiger partial charge in [0.25, 0.3) is 0 Å². The Labute approximate surface area is 90.3 Å². The zero-order chi connectivity index (χ0) is 11.4. The Kier molecular flexibility index (Phi) is 3.86. The lowest BCUT2D eigenvalue weighted by Crippen LogP contribution is -2.37. The maximum Gasteiger partial charge on any atom is 0.219 e. The van der Waals surface area contributed by atoms with E-state index in [1.807, 2.05) is 37.3 Å². The Morgan fingerprint density at radius 3 is 2.33 bits per heavy atom. The second kappa shape index (κ2) is 4.94. The summed E-state index contributed by atoms with van der Waals surface area (Å²) >= 11 is 0. The molecule has 0 saturated carbocycles. The highest BCUT2D eigenvalue weighted by molar-refractivity contribution is 5.73. The summed E-state index contributed by atoms with van der Waals surface area (Å²) in [6.45, 7) is 3.33. The summed E-state index contributed by atoms with van der Waals surface area (Å²) in [6, 6.07) is 9.14. The van der Waals surface area contributed by atoms with E-state index in [2.05, 4.69) is 0 Å². The molecular weight excluding hydrogens is 190 g/mol. The number of rotatable bonds is 3. The van der Waals surface area contributed by atoms with Crippen LogP contribution in [0.15, 0.2) is 30.3 Å². The average molecular weight is 207 g/mol. The molecule has 1 N–H and O–H groups in total. The lowest BCUT2D eigenvalue weighted by molar-refractivity contribution is -0.131. The number of benzene rings is 1. The fourth-order valence-electron chi connectivity index (χ4n) is 1.43. The Hall–Kier alpha value is -1.35. The van der Waals surface area contributed by atoms with E-state index < -0.39 is 6.10 Å². The molecule has 0 aliphatic heterocycles. The van der Waals surface area contributed by atoms with E-state index in [4.69, 9.17) is 0 Å². The molecule has 1 aromatic carbocycles. The maximum absolute atomic E-state index is 11.1. The van der Waals surface area contributed by atoms with E-state index in [-0.39, 0.29) is 11.9 Å². The van der Waals surface area contributed by atoms with Crippen LogP contribution in [0.2, 0.25) is 0 Å². The molecule has 82 valence electrons. The number of amides is 1. The molecule has 3 nitrogen and oxygen atoms in total. The van der Waals surface area contributed by atoms with Crippen molar-refractivity contribution in [3.63, 3.8) is 0 Å². The summed E-state index contributed by atoms with van der Waals surface area (Å²) in [7, 11) is 1.69. The van der Waals surface area contributed by atoms with Gasteiger partial charge in [-0.05, 0) is 12.5 Å². The molecule has 1 rings (SSSR count). The van der Waals surface area contributed by atoms with Crippen molar-refractivity contribution in [2.24, 2.45) is 0 Å². The van der Waals surface area contributed by atoms with E-state index in [0.717, 1.165) is 5.56 Å². The molecule has 1 aromatic rings. The van der Waals surface area contributed by atoms with Crippen LogP contribution in [0.5, 0.6) is 0 Å². The SMILES string of the molecule is CC(=O)N(C)[C@@H](C)[C@H](O)c1ccccc1. The van der Waals surface area contributed by atoms with Crippen molar-refractivity contribution < 1.29 is 9.90 Å². The van der Waals surface area contributed by atoms with Gasteiger partial charge in [-0.2, -0.15) is 0 Å². The van der Waals surface area contributed by atoms with Gasteiger partial charge in [0.05, 0.1) is 12.1 Å². The van der Waals surface area contributed by atoms with Crippen molar-refractivity contribution in [1.82, 2.24) is 4.90 Å². The van der Waals surface area contributed by atoms with Crippen molar-refractivity contribution in [3.8, 4) is 0 Å². The Balaban J connectivity index is 2.77. The minimum Gasteiger partial charge on any atom is -0.386 e. The highest BCUT2D eigenvalue weighted by atomic mass is 16.3. The van der Waals surface area contributed by atoms with Crippen LogP contribution >= 0.6 is 0 Å². The zero-order valence-electron chi connectivity index (χ0n) is 9.34. The second-order valence-corrected chi connectivity index (χ2v) is 3.73. The third-order valence-electron chi connectivity index (χ3n) is 2.71. The first-order valence-corrected chi connectivity index (χ1v) is 5.00. The maximum atomic E-state index is 11.1. The number of aliphatic hydroxyl groups excluding tert-OH is 1. The number of carbonyl (C=O) groups is 1. The molecule has 0 aliphatic carbocycles. The summed E-state index contributed by atoms with van der Waals surface area (Å²) in [5.41, 5.74) is 0.832. The molecule has 2 atom stereocenters. The summed E-state index contributed by atoms with van der Waals surface area (Å²) in [6.07, 6.45) is -0.639. The average Bonchev–Trinajstić information content (AvgIpc) is 2.27. The van der Waals surface area contributed by atoms with Crippen LogP contribution in [0.25, 0.3) is 0 Å². The molecule has 1 amide bonds. The summed E-state index contributed by atoms with van der Waals surface area (Å²) in [5, 5.41) is 10.0. The predicted octanol–water partition coefficient (Wildman–Crippen LogP) is 1.59. The molecule has 0 unspecified atom stereocenters. The number of aliphatic hydroxyl groups is 1. The third kappa shape index (κ3) is 2.80. The van der Waals surface area contributed by atoms with Crippen molar-refractivity contribution in [2.75, 3.05) is 7.05 Å². The molecule has 0 radical (unpaired) electrons. The minimum atomic E-state index is -0.639. The predicted molar refractivity (Wildman–Crippen MR) is 59.3 cm³/mol. The quantitative estimate of drug-likeness (QED) is 0.817. The number of likely N-dealkylation sites (N-methyl/N-ethyl adjacent to an activating group) is 1. The van der Waals surface area contributed by atoms with Gasteiger partial charge in [-0.25, -0.2) is 0 Å². The van der Waals surface area contributed by atoms with Crippen molar-refractivity contribution >= 4 is 5.91 Å². The van der Waals surface area contributed by atoms with Crippen LogP contribution < -0.4 is 0 Å². The van der Waals surface area contributed by atoms with Crippen LogP contribution in [-0.4, -0.2) is 29.0 Å². The van der Waals surface area contributed by atoms with Crippen molar-refractivity contribution in [2.45, 2.75) is 26.0 Å². The first kappa shape index (κ1) is 11.7. The first-order valence-electron chi connectivity index (χ1n) is 5.00. The van der Waals surface area contributed by atoms with Gasteiger partial charge in [-0.3, -0.25) is 4.79 Å². The van der Waals surface area contributed by atoms with Crippen LogP contribution in [0.4, 0.5) is 0 Å². The smallest absolute Gasteiger partial charge is 0.219 e. The van der Waals surface area contributed by atoms with Crippen molar-refractivity contribution in [1.29, 1.82) is 0 Å². The van der Waals surface area contributed by atoms with E-state index in [1.165, 1.54) is 11.8 Å². The van der Waals surface area contributed by atoms with E-state index >= 15 is 0 Å².